The molecule has 0 fully saturated rings. The molecular weight excluding hydrogens is 328 g/mol. The Labute approximate surface area is 152 Å². The lowest BCUT2D eigenvalue weighted by Gasteiger charge is -2.13. The lowest BCUT2D eigenvalue weighted by molar-refractivity contribution is 0.0946. The molecule has 0 aliphatic carbocycles. The number of pyridine rings is 1. The molecule has 3 rings (SSSR count). The molecule has 0 radical (unpaired) electrons. The number of hydrogen-bond acceptors (Lipinski definition) is 6. The van der Waals surface area contributed by atoms with Gasteiger partial charge < -0.3 is 15.5 Å². The summed E-state index contributed by atoms with van der Waals surface area (Å²) in [5.41, 5.74) is 3.23. The summed E-state index contributed by atoms with van der Waals surface area (Å²) < 4.78 is 0. The van der Waals surface area contributed by atoms with Gasteiger partial charge in [0.05, 0.1) is 0 Å². The standard InChI is InChI=1S/C19H20N6O/c1-25(2)16-5-3-15(4-6-16)23-19-21-12-9-17(24-19)18(26)22-13-14-7-10-20-11-8-14/h3-12H,13H2,1-2H3,(H,22,26)(H,21,23,24). The van der Waals surface area contributed by atoms with Crippen molar-refractivity contribution >= 4 is 23.2 Å². The summed E-state index contributed by atoms with van der Waals surface area (Å²) in [6, 6.07) is 13.2. The third kappa shape index (κ3) is 4.54. The van der Waals surface area contributed by atoms with Crippen LogP contribution in [0, 0.1) is 0 Å². The summed E-state index contributed by atoms with van der Waals surface area (Å²) >= 11 is 0. The molecule has 2 aromatic heterocycles. The molecule has 132 valence electrons. The molecular formula is C19H20N6O. The number of benzene rings is 1. The first-order chi connectivity index (χ1) is 12.6. The molecule has 0 bridgehead atoms. The first-order valence-corrected chi connectivity index (χ1v) is 8.16. The van der Waals surface area contributed by atoms with E-state index < -0.39 is 0 Å². The molecule has 7 heteroatoms. The molecule has 0 spiro atoms. The smallest absolute Gasteiger partial charge is 0.270 e. The highest BCUT2D eigenvalue weighted by atomic mass is 16.1. The van der Waals surface area contributed by atoms with E-state index in [4.69, 9.17) is 0 Å². The topological polar surface area (TPSA) is 83.0 Å². The van der Waals surface area contributed by atoms with Crippen LogP contribution in [0.4, 0.5) is 17.3 Å². The van der Waals surface area contributed by atoms with Crippen molar-refractivity contribution in [2.45, 2.75) is 6.54 Å². The minimum absolute atomic E-state index is 0.254. The zero-order valence-corrected chi connectivity index (χ0v) is 14.7. The molecule has 3 aromatic rings. The summed E-state index contributed by atoms with van der Waals surface area (Å²) in [4.78, 5) is 26.7. The molecule has 26 heavy (non-hydrogen) atoms. The van der Waals surface area contributed by atoms with Crippen molar-refractivity contribution in [1.29, 1.82) is 0 Å². The van der Waals surface area contributed by atoms with Crippen molar-refractivity contribution in [3.8, 4) is 0 Å². The maximum atomic E-state index is 12.3. The molecule has 2 heterocycles. The average Bonchev–Trinajstić information content (AvgIpc) is 2.67. The van der Waals surface area contributed by atoms with Crippen LogP contribution in [0.3, 0.4) is 0 Å². The number of anilines is 3. The molecule has 0 saturated heterocycles. The van der Waals surface area contributed by atoms with Crippen LogP contribution < -0.4 is 15.5 Å². The summed E-state index contributed by atoms with van der Waals surface area (Å²) in [7, 11) is 3.97. The van der Waals surface area contributed by atoms with Gasteiger partial charge in [-0.1, -0.05) is 0 Å². The third-order valence-electron chi connectivity index (χ3n) is 3.73. The fourth-order valence-corrected chi connectivity index (χ4v) is 2.29. The van der Waals surface area contributed by atoms with E-state index in [9.17, 15) is 4.79 Å². The van der Waals surface area contributed by atoms with Crippen LogP contribution in [0.1, 0.15) is 16.1 Å². The number of aromatic nitrogens is 3. The predicted molar refractivity (Wildman–Crippen MR) is 101 cm³/mol. The van der Waals surface area contributed by atoms with Crippen LogP contribution in [-0.2, 0) is 6.54 Å². The van der Waals surface area contributed by atoms with Crippen molar-refractivity contribution in [2.75, 3.05) is 24.3 Å². The molecule has 0 aliphatic rings. The molecule has 0 saturated carbocycles. The second-order valence-electron chi connectivity index (χ2n) is 5.87. The Morgan fingerprint density at radius 2 is 1.73 bits per heavy atom. The summed E-state index contributed by atoms with van der Waals surface area (Å²) in [5.74, 6) is 0.120. The number of amides is 1. The van der Waals surface area contributed by atoms with E-state index >= 15 is 0 Å². The highest BCUT2D eigenvalue weighted by Crippen LogP contribution is 2.18. The minimum atomic E-state index is -0.254. The Bertz CT molecular complexity index is 865. The summed E-state index contributed by atoms with van der Waals surface area (Å²) in [6.07, 6.45) is 4.94. The Morgan fingerprint density at radius 3 is 2.42 bits per heavy atom. The van der Waals surface area contributed by atoms with E-state index in [0.29, 0.717) is 18.2 Å². The SMILES string of the molecule is CN(C)c1ccc(Nc2nccc(C(=O)NCc3ccncc3)n2)cc1. The Kier molecular flexibility index (Phi) is 5.38. The van der Waals surface area contributed by atoms with Gasteiger partial charge in [0.1, 0.15) is 5.69 Å². The van der Waals surface area contributed by atoms with E-state index in [1.807, 2.05) is 55.4 Å². The normalized spacial score (nSPS) is 10.2. The van der Waals surface area contributed by atoms with Crippen LogP contribution in [-0.4, -0.2) is 35.0 Å². The quantitative estimate of drug-likeness (QED) is 0.712. The Balaban J connectivity index is 1.64. The van der Waals surface area contributed by atoms with Gasteiger partial charge in [-0.15, -0.1) is 0 Å². The highest BCUT2D eigenvalue weighted by Gasteiger charge is 2.09. The zero-order chi connectivity index (χ0) is 18.4. The van der Waals surface area contributed by atoms with E-state index in [2.05, 4.69) is 25.6 Å². The van der Waals surface area contributed by atoms with Crippen molar-refractivity contribution in [3.63, 3.8) is 0 Å². The molecule has 0 atom stereocenters. The number of nitrogens with one attached hydrogen (secondary N) is 2. The number of carbonyl (C=O) groups excluding carboxylic acids is 1. The van der Waals surface area contributed by atoms with E-state index in [1.165, 1.54) is 0 Å². The van der Waals surface area contributed by atoms with Gasteiger partial charge in [-0.05, 0) is 48.0 Å². The monoisotopic (exact) mass is 348 g/mol. The molecule has 0 aliphatic heterocycles. The van der Waals surface area contributed by atoms with Crippen molar-refractivity contribution in [1.82, 2.24) is 20.3 Å². The second kappa shape index (κ2) is 8.06. The maximum Gasteiger partial charge on any atom is 0.270 e. The van der Waals surface area contributed by atoms with Crippen molar-refractivity contribution in [2.24, 2.45) is 0 Å². The molecule has 7 nitrogen and oxygen atoms in total. The van der Waals surface area contributed by atoms with Gasteiger partial charge in [-0.25, -0.2) is 9.97 Å². The highest BCUT2D eigenvalue weighted by molar-refractivity contribution is 5.92. The van der Waals surface area contributed by atoms with Crippen molar-refractivity contribution < 1.29 is 4.79 Å². The summed E-state index contributed by atoms with van der Waals surface area (Å²) in [6.45, 7) is 0.417. The van der Waals surface area contributed by atoms with Crippen molar-refractivity contribution in [3.05, 3.63) is 72.3 Å². The number of carbonyl (C=O) groups is 1. The molecule has 1 aromatic carbocycles. The molecule has 1 amide bonds. The lowest BCUT2D eigenvalue weighted by Crippen LogP contribution is -2.24. The average molecular weight is 348 g/mol. The predicted octanol–water partition coefficient (Wildman–Crippen LogP) is 2.61. The largest absolute Gasteiger partial charge is 0.378 e. The van der Waals surface area contributed by atoms with Crippen LogP contribution in [0.2, 0.25) is 0 Å². The van der Waals surface area contributed by atoms with Crippen LogP contribution >= 0.6 is 0 Å². The number of rotatable bonds is 6. The maximum absolute atomic E-state index is 12.3. The van der Waals surface area contributed by atoms with Gasteiger partial charge in [0, 0.05) is 50.6 Å². The molecule has 0 unspecified atom stereocenters. The van der Waals surface area contributed by atoms with Crippen LogP contribution in [0.15, 0.2) is 61.1 Å². The Morgan fingerprint density at radius 1 is 1.00 bits per heavy atom. The van der Waals surface area contributed by atoms with Gasteiger partial charge in [0.15, 0.2) is 0 Å². The number of nitrogens with zero attached hydrogens (tertiary/aromatic N) is 4. The van der Waals surface area contributed by atoms with E-state index in [-0.39, 0.29) is 5.91 Å². The fraction of sp³-hybridized carbons (Fsp3) is 0.158. The second-order valence-corrected chi connectivity index (χ2v) is 5.87. The summed E-state index contributed by atoms with van der Waals surface area (Å²) in [5, 5.41) is 5.95. The van der Waals surface area contributed by atoms with Gasteiger partial charge in [-0.3, -0.25) is 9.78 Å². The fourth-order valence-electron chi connectivity index (χ4n) is 2.29. The number of hydrogen-bond donors (Lipinski definition) is 2. The first kappa shape index (κ1) is 17.3. The van der Waals surface area contributed by atoms with E-state index in [0.717, 1.165) is 16.9 Å². The van der Waals surface area contributed by atoms with Crippen LogP contribution in [0.5, 0.6) is 0 Å². The lowest BCUT2D eigenvalue weighted by atomic mass is 10.2. The molecule has 2 N–H and O–H groups in total. The van der Waals surface area contributed by atoms with Gasteiger partial charge >= 0.3 is 0 Å². The van der Waals surface area contributed by atoms with E-state index in [1.54, 1.807) is 24.7 Å². The zero-order valence-electron chi connectivity index (χ0n) is 14.7. The minimum Gasteiger partial charge on any atom is -0.378 e. The van der Waals surface area contributed by atoms with Gasteiger partial charge in [-0.2, -0.15) is 0 Å². The third-order valence-corrected chi connectivity index (χ3v) is 3.73. The Hall–Kier alpha value is -3.48. The first-order valence-electron chi connectivity index (χ1n) is 8.16. The van der Waals surface area contributed by atoms with Crippen LogP contribution in [0.25, 0.3) is 0 Å². The van der Waals surface area contributed by atoms with Gasteiger partial charge in [0.25, 0.3) is 5.91 Å². The van der Waals surface area contributed by atoms with Gasteiger partial charge in [0.2, 0.25) is 5.95 Å².